The van der Waals surface area contributed by atoms with Gasteiger partial charge in [0.1, 0.15) is 11.5 Å². The first-order valence-electron chi connectivity index (χ1n) is 5.78. The molecule has 20 heavy (non-hydrogen) atoms. The van der Waals surface area contributed by atoms with E-state index in [0.29, 0.717) is 0 Å². The summed E-state index contributed by atoms with van der Waals surface area (Å²) in [7, 11) is 1.50. The highest BCUT2D eigenvalue weighted by atomic mass is 35.5. The number of carbonyl (C=O) groups is 1. The van der Waals surface area contributed by atoms with Gasteiger partial charge < -0.3 is 10.6 Å². The summed E-state index contributed by atoms with van der Waals surface area (Å²) in [6, 6.07) is 1.88. The highest BCUT2D eigenvalue weighted by molar-refractivity contribution is 6.31. The average Bonchev–Trinajstić information content (AvgIpc) is 2.38. The van der Waals surface area contributed by atoms with E-state index in [4.69, 9.17) is 11.6 Å². The van der Waals surface area contributed by atoms with Gasteiger partial charge in [-0.25, -0.2) is 4.39 Å². The fraction of sp³-hybridized carbons (Fsp3) is 0.417. The number of hydrogen-bond donors (Lipinski definition) is 2. The monoisotopic (exact) mass is 303 g/mol. The van der Waals surface area contributed by atoms with E-state index in [9.17, 15) is 19.3 Å². The van der Waals surface area contributed by atoms with E-state index < -0.39 is 21.8 Å². The van der Waals surface area contributed by atoms with E-state index >= 15 is 0 Å². The lowest BCUT2D eigenvalue weighted by Gasteiger charge is -2.23. The molecule has 0 aliphatic heterocycles. The molecule has 1 aromatic carbocycles. The highest BCUT2D eigenvalue weighted by Crippen LogP contribution is 2.31. The second-order valence-electron chi connectivity index (χ2n) is 4.86. The largest absolute Gasteiger partial charge is 0.378 e. The summed E-state index contributed by atoms with van der Waals surface area (Å²) in [6.45, 7) is 3.49. The molecular weight excluding hydrogens is 289 g/mol. The van der Waals surface area contributed by atoms with Crippen LogP contribution in [-0.2, 0) is 4.79 Å². The summed E-state index contributed by atoms with van der Waals surface area (Å²) in [6.07, 6.45) is 0. The third-order valence-electron chi connectivity index (χ3n) is 2.80. The molecule has 0 atom stereocenters. The van der Waals surface area contributed by atoms with Crippen LogP contribution in [0.5, 0.6) is 0 Å². The maximum Gasteiger partial charge on any atom is 0.295 e. The lowest BCUT2D eigenvalue weighted by Crippen LogP contribution is -2.39. The second-order valence-corrected chi connectivity index (χ2v) is 5.26. The van der Waals surface area contributed by atoms with Crippen LogP contribution in [0.3, 0.4) is 0 Å². The van der Waals surface area contributed by atoms with Crippen molar-refractivity contribution in [3.8, 4) is 0 Å². The Balaban J connectivity index is 3.01. The predicted molar refractivity (Wildman–Crippen MR) is 74.4 cm³/mol. The van der Waals surface area contributed by atoms with Gasteiger partial charge >= 0.3 is 0 Å². The lowest BCUT2D eigenvalue weighted by atomic mass is 9.92. The maximum absolute atomic E-state index is 13.2. The summed E-state index contributed by atoms with van der Waals surface area (Å²) in [4.78, 5) is 21.8. The maximum atomic E-state index is 13.2. The van der Waals surface area contributed by atoms with Gasteiger partial charge in [0.25, 0.3) is 5.69 Å². The molecule has 0 saturated heterocycles. The van der Waals surface area contributed by atoms with E-state index in [1.54, 1.807) is 13.8 Å². The predicted octanol–water partition coefficient (Wildman–Crippen LogP) is 2.57. The molecule has 0 spiro atoms. The molecule has 1 rings (SSSR count). The Labute approximate surface area is 120 Å². The van der Waals surface area contributed by atoms with Gasteiger partial charge in [-0.2, -0.15) is 0 Å². The molecule has 1 amide bonds. The molecule has 6 nitrogen and oxygen atoms in total. The van der Waals surface area contributed by atoms with Gasteiger partial charge in [0, 0.05) is 13.6 Å². The number of carbonyl (C=O) groups excluding carboxylic acids is 1. The van der Waals surface area contributed by atoms with Crippen molar-refractivity contribution < 1.29 is 14.1 Å². The highest BCUT2D eigenvalue weighted by Gasteiger charge is 2.27. The Bertz CT molecular complexity index is 549. The van der Waals surface area contributed by atoms with E-state index in [-0.39, 0.29) is 23.2 Å². The van der Waals surface area contributed by atoms with E-state index in [2.05, 4.69) is 10.6 Å². The van der Waals surface area contributed by atoms with Gasteiger partial charge in [-0.3, -0.25) is 14.9 Å². The minimum atomic E-state index is -0.866. The van der Waals surface area contributed by atoms with Crippen LogP contribution in [0, 0.1) is 21.3 Å². The number of nitro groups is 1. The molecule has 0 aromatic heterocycles. The topological polar surface area (TPSA) is 84.3 Å². The van der Waals surface area contributed by atoms with E-state index in [0.717, 1.165) is 12.1 Å². The van der Waals surface area contributed by atoms with Crippen LogP contribution < -0.4 is 10.6 Å². The quantitative estimate of drug-likeness (QED) is 0.647. The Kier molecular flexibility index (Phi) is 4.88. The van der Waals surface area contributed by atoms with Crippen LogP contribution in [-0.4, -0.2) is 24.4 Å². The number of nitrogens with one attached hydrogen (secondary N) is 2. The Morgan fingerprint density at radius 3 is 2.60 bits per heavy atom. The molecule has 0 radical (unpaired) electrons. The van der Waals surface area contributed by atoms with Crippen LogP contribution in [0.4, 0.5) is 15.8 Å². The third kappa shape index (κ3) is 3.57. The molecule has 0 unspecified atom stereocenters. The van der Waals surface area contributed by atoms with Gasteiger partial charge in [-0.05, 0) is 19.9 Å². The zero-order valence-corrected chi connectivity index (χ0v) is 12.0. The molecule has 110 valence electrons. The van der Waals surface area contributed by atoms with Crippen molar-refractivity contribution in [1.29, 1.82) is 0 Å². The molecule has 0 heterocycles. The molecule has 8 heteroatoms. The van der Waals surface area contributed by atoms with E-state index in [1.807, 2.05) is 0 Å². The van der Waals surface area contributed by atoms with Gasteiger partial charge in [0.2, 0.25) is 5.91 Å². The van der Waals surface area contributed by atoms with Gasteiger partial charge in [0.05, 0.1) is 21.4 Å². The molecule has 0 bridgehead atoms. The number of amides is 1. The number of benzene rings is 1. The van der Waals surface area contributed by atoms with E-state index in [1.165, 1.54) is 7.05 Å². The normalized spacial score (nSPS) is 11.1. The standard InChI is InChI=1S/C12H15ClFN3O3/c1-12(2,11(18)15-3)6-16-9-4-7(13)8(14)5-10(9)17(19)20/h4-5,16H,6H2,1-3H3,(H,15,18). The summed E-state index contributed by atoms with van der Waals surface area (Å²) < 4.78 is 13.2. The Morgan fingerprint density at radius 2 is 2.10 bits per heavy atom. The minimum absolute atomic E-state index is 0.0679. The number of rotatable bonds is 5. The zero-order chi connectivity index (χ0) is 15.5. The van der Waals surface area contributed by atoms with Crippen molar-refractivity contribution in [1.82, 2.24) is 5.32 Å². The zero-order valence-electron chi connectivity index (χ0n) is 11.3. The van der Waals surface area contributed by atoms with Crippen molar-refractivity contribution in [2.24, 2.45) is 5.41 Å². The minimum Gasteiger partial charge on any atom is -0.378 e. The number of nitro benzene ring substituents is 1. The second kappa shape index (κ2) is 6.04. The summed E-state index contributed by atoms with van der Waals surface area (Å²) in [5.74, 6) is -1.09. The first-order chi connectivity index (χ1) is 9.19. The van der Waals surface area contributed by atoms with Gasteiger partial charge in [-0.1, -0.05) is 11.6 Å². The summed E-state index contributed by atoms with van der Waals surface area (Å²) in [5.41, 5.74) is -1.15. The van der Waals surface area contributed by atoms with Crippen LogP contribution in [0.1, 0.15) is 13.8 Å². The third-order valence-corrected chi connectivity index (χ3v) is 3.09. The number of anilines is 1. The van der Waals surface area contributed by atoms with Crippen molar-refractivity contribution in [3.05, 3.63) is 33.1 Å². The first-order valence-corrected chi connectivity index (χ1v) is 6.16. The molecule has 2 N–H and O–H groups in total. The van der Waals surface area contributed by atoms with Crippen LogP contribution in [0.2, 0.25) is 5.02 Å². The van der Waals surface area contributed by atoms with Crippen LogP contribution in [0.25, 0.3) is 0 Å². The SMILES string of the molecule is CNC(=O)C(C)(C)CNc1cc(Cl)c(F)cc1[N+](=O)[O-]. The van der Waals surface area contributed by atoms with Crippen molar-refractivity contribution in [3.63, 3.8) is 0 Å². The molecule has 0 saturated carbocycles. The van der Waals surface area contributed by atoms with Crippen molar-refractivity contribution >= 4 is 28.9 Å². The number of nitrogens with zero attached hydrogens (tertiary/aromatic N) is 1. The smallest absolute Gasteiger partial charge is 0.295 e. The fourth-order valence-electron chi connectivity index (χ4n) is 1.56. The summed E-state index contributed by atoms with van der Waals surface area (Å²) >= 11 is 5.61. The fourth-order valence-corrected chi connectivity index (χ4v) is 1.73. The molecular formula is C12H15ClFN3O3. The van der Waals surface area contributed by atoms with Crippen LogP contribution in [0.15, 0.2) is 12.1 Å². The number of halogens is 2. The average molecular weight is 304 g/mol. The molecule has 0 aliphatic carbocycles. The van der Waals surface area contributed by atoms with Gasteiger partial charge in [0.15, 0.2) is 0 Å². The van der Waals surface area contributed by atoms with Crippen molar-refractivity contribution in [2.45, 2.75) is 13.8 Å². The first kappa shape index (κ1) is 16.2. The van der Waals surface area contributed by atoms with Crippen LogP contribution >= 0.6 is 11.6 Å². The van der Waals surface area contributed by atoms with Gasteiger partial charge in [-0.15, -0.1) is 0 Å². The number of hydrogen-bond acceptors (Lipinski definition) is 4. The Morgan fingerprint density at radius 1 is 1.50 bits per heavy atom. The Hall–Kier alpha value is -1.89. The molecule has 0 aliphatic rings. The van der Waals surface area contributed by atoms with Crippen molar-refractivity contribution in [2.75, 3.05) is 18.9 Å². The summed E-state index contributed by atoms with van der Waals surface area (Å²) in [5, 5.41) is 15.9. The molecule has 1 aromatic rings. The lowest BCUT2D eigenvalue weighted by molar-refractivity contribution is -0.384. The molecule has 0 fully saturated rings.